The van der Waals surface area contributed by atoms with E-state index in [0.29, 0.717) is 12.5 Å². The van der Waals surface area contributed by atoms with Crippen LogP contribution in [-0.2, 0) is 4.79 Å². The van der Waals surface area contributed by atoms with Gasteiger partial charge in [0.05, 0.1) is 11.4 Å². The van der Waals surface area contributed by atoms with Crippen LogP contribution in [0, 0.1) is 0 Å². The molecule has 0 spiro atoms. The van der Waals surface area contributed by atoms with Crippen LogP contribution in [0.2, 0.25) is 5.02 Å². The van der Waals surface area contributed by atoms with Gasteiger partial charge >= 0.3 is 5.97 Å². The van der Waals surface area contributed by atoms with Crippen molar-refractivity contribution in [2.24, 2.45) is 0 Å². The Kier molecular flexibility index (Phi) is 4.17. The number of hydrogen-bond donors (Lipinski definition) is 2. The highest BCUT2D eigenvalue weighted by Gasteiger charge is 2.23. The summed E-state index contributed by atoms with van der Waals surface area (Å²) in [5, 5.41) is 10.7. The molecule has 0 radical (unpaired) electrons. The van der Waals surface area contributed by atoms with E-state index in [2.05, 4.69) is 16.1 Å². The summed E-state index contributed by atoms with van der Waals surface area (Å²) in [6.45, 7) is 2.56. The average molecular weight is 307 g/mol. The van der Waals surface area contributed by atoms with Crippen molar-refractivity contribution < 1.29 is 9.90 Å². The first kappa shape index (κ1) is 14.4. The van der Waals surface area contributed by atoms with E-state index < -0.39 is 5.97 Å². The number of rotatable bonds is 4. The molecule has 5 heteroatoms. The van der Waals surface area contributed by atoms with E-state index in [0.717, 1.165) is 41.9 Å². The van der Waals surface area contributed by atoms with Crippen molar-refractivity contribution in [2.45, 2.75) is 25.2 Å². The van der Waals surface area contributed by atoms with Crippen molar-refractivity contribution in [3.63, 3.8) is 0 Å². The summed E-state index contributed by atoms with van der Waals surface area (Å²) < 4.78 is 0. The molecule has 1 aliphatic rings. The van der Waals surface area contributed by atoms with Crippen LogP contribution in [-0.4, -0.2) is 40.6 Å². The van der Waals surface area contributed by atoms with Gasteiger partial charge in [0.1, 0.15) is 0 Å². The Balaban J connectivity index is 1.70. The maximum atomic E-state index is 10.6. The molecule has 0 aliphatic carbocycles. The zero-order valence-electron chi connectivity index (χ0n) is 11.8. The van der Waals surface area contributed by atoms with Gasteiger partial charge in [-0.15, -0.1) is 0 Å². The number of carbonyl (C=O) groups is 1. The third kappa shape index (κ3) is 3.06. The molecular weight excluding hydrogens is 288 g/mol. The topological polar surface area (TPSA) is 56.3 Å². The lowest BCUT2D eigenvalue weighted by Gasteiger charge is -2.31. The molecule has 2 aromatic rings. The average Bonchev–Trinajstić information content (AvgIpc) is 2.91. The van der Waals surface area contributed by atoms with Crippen molar-refractivity contribution in [2.75, 3.05) is 19.6 Å². The van der Waals surface area contributed by atoms with Crippen LogP contribution in [0.15, 0.2) is 24.4 Å². The molecule has 1 saturated heterocycles. The molecule has 2 N–H and O–H groups in total. The number of aliphatic carboxylic acids is 1. The summed E-state index contributed by atoms with van der Waals surface area (Å²) in [6, 6.07) is 5.94. The van der Waals surface area contributed by atoms with Crippen LogP contribution < -0.4 is 0 Å². The minimum absolute atomic E-state index is 0.226. The fraction of sp³-hybridized carbons (Fsp3) is 0.438. The molecule has 21 heavy (non-hydrogen) atoms. The van der Waals surface area contributed by atoms with E-state index in [-0.39, 0.29) is 6.42 Å². The number of H-pyrrole nitrogens is 1. The number of piperidine rings is 1. The molecule has 1 fully saturated rings. The lowest BCUT2D eigenvalue weighted by Crippen LogP contribution is -2.34. The minimum atomic E-state index is -0.722. The Labute approximate surface area is 128 Å². The summed E-state index contributed by atoms with van der Waals surface area (Å²) >= 11 is 6.34. The molecule has 1 aromatic heterocycles. The van der Waals surface area contributed by atoms with Crippen molar-refractivity contribution >= 4 is 28.5 Å². The zero-order valence-corrected chi connectivity index (χ0v) is 12.6. The van der Waals surface area contributed by atoms with Crippen molar-refractivity contribution in [1.82, 2.24) is 9.88 Å². The number of likely N-dealkylation sites (tertiary alicyclic amines) is 1. The predicted octanol–water partition coefficient (Wildman–Crippen LogP) is 3.48. The Morgan fingerprint density at radius 2 is 2.14 bits per heavy atom. The smallest absolute Gasteiger partial charge is 0.304 e. The molecule has 0 unspecified atom stereocenters. The molecule has 2 heterocycles. The van der Waals surface area contributed by atoms with E-state index in [4.69, 9.17) is 16.7 Å². The lowest BCUT2D eigenvalue weighted by molar-refractivity contribution is -0.137. The SMILES string of the molecule is O=C(O)CCN1CCC(c2c[nH]c3cccc(Cl)c23)CC1. The van der Waals surface area contributed by atoms with Crippen LogP contribution >= 0.6 is 11.6 Å². The number of fused-ring (bicyclic) bond motifs is 1. The largest absolute Gasteiger partial charge is 0.481 e. The normalized spacial score (nSPS) is 17.4. The highest BCUT2D eigenvalue weighted by Crippen LogP contribution is 2.36. The molecule has 0 saturated carbocycles. The van der Waals surface area contributed by atoms with Gasteiger partial charge in [0.2, 0.25) is 0 Å². The Hall–Kier alpha value is -1.52. The monoisotopic (exact) mass is 306 g/mol. The van der Waals surface area contributed by atoms with Crippen molar-refractivity contribution in [3.05, 3.63) is 35.0 Å². The third-order valence-electron chi connectivity index (χ3n) is 4.35. The predicted molar refractivity (Wildman–Crippen MR) is 84.0 cm³/mol. The number of halogens is 1. The zero-order chi connectivity index (χ0) is 14.8. The molecule has 0 atom stereocenters. The van der Waals surface area contributed by atoms with Crippen LogP contribution in [0.5, 0.6) is 0 Å². The van der Waals surface area contributed by atoms with Crippen LogP contribution in [0.1, 0.15) is 30.7 Å². The Morgan fingerprint density at radius 3 is 2.86 bits per heavy atom. The van der Waals surface area contributed by atoms with E-state index in [1.54, 1.807) is 0 Å². The molecule has 3 rings (SSSR count). The van der Waals surface area contributed by atoms with Gasteiger partial charge in [-0.1, -0.05) is 17.7 Å². The number of aromatic amines is 1. The third-order valence-corrected chi connectivity index (χ3v) is 4.67. The highest BCUT2D eigenvalue weighted by atomic mass is 35.5. The maximum absolute atomic E-state index is 10.6. The Morgan fingerprint density at radius 1 is 1.38 bits per heavy atom. The van der Waals surface area contributed by atoms with Crippen molar-refractivity contribution in [1.29, 1.82) is 0 Å². The Bertz CT molecular complexity index is 645. The van der Waals surface area contributed by atoms with Gasteiger partial charge in [0.25, 0.3) is 0 Å². The second kappa shape index (κ2) is 6.08. The van der Waals surface area contributed by atoms with Gasteiger partial charge in [-0.05, 0) is 49.5 Å². The molecule has 1 aromatic carbocycles. The van der Waals surface area contributed by atoms with Gasteiger partial charge in [0, 0.05) is 23.6 Å². The minimum Gasteiger partial charge on any atom is -0.481 e. The fourth-order valence-electron chi connectivity index (χ4n) is 3.21. The number of carboxylic acid groups (broad SMARTS) is 1. The number of aromatic nitrogens is 1. The maximum Gasteiger partial charge on any atom is 0.304 e. The standard InChI is InChI=1S/C16H19ClN2O2/c17-13-2-1-3-14-16(13)12(10-18-14)11-4-7-19(8-5-11)9-6-15(20)21/h1-3,10-11,18H,4-9H2,(H,20,21). The molecule has 112 valence electrons. The van der Waals surface area contributed by atoms with Gasteiger partial charge in [-0.2, -0.15) is 0 Å². The molecular formula is C16H19ClN2O2. The van der Waals surface area contributed by atoms with Crippen LogP contribution in [0.25, 0.3) is 10.9 Å². The molecule has 1 aliphatic heterocycles. The lowest BCUT2D eigenvalue weighted by atomic mass is 9.89. The molecule has 0 bridgehead atoms. The van der Waals surface area contributed by atoms with E-state index in [9.17, 15) is 4.79 Å². The highest BCUT2D eigenvalue weighted by molar-refractivity contribution is 6.35. The van der Waals surface area contributed by atoms with Crippen LogP contribution in [0.3, 0.4) is 0 Å². The number of benzene rings is 1. The van der Waals surface area contributed by atoms with Gasteiger partial charge < -0.3 is 15.0 Å². The van der Waals surface area contributed by atoms with E-state index >= 15 is 0 Å². The first-order valence-electron chi connectivity index (χ1n) is 7.35. The summed E-state index contributed by atoms with van der Waals surface area (Å²) in [6.07, 6.45) is 4.41. The van der Waals surface area contributed by atoms with E-state index in [1.807, 2.05) is 18.2 Å². The summed E-state index contributed by atoms with van der Waals surface area (Å²) in [7, 11) is 0. The van der Waals surface area contributed by atoms with Gasteiger partial charge in [0.15, 0.2) is 0 Å². The summed E-state index contributed by atoms with van der Waals surface area (Å²) in [4.78, 5) is 16.2. The molecule has 0 amide bonds. The second-order valence-corrected chi connectivity index (χ2v) is 6.07. The number of nitrogens with one attached hydrogen (secondary N) is 1. The quantitative estimate of drug-likeness (QED) is 0.909. The van der Waals surface area contributed by atoms with Gasteiger partial charge in [-0.25, -0.2) is 0 Å². The first-order valence-corrected chi connectivity index (χ1v) is 7.72. The first-order chi connectivity index (χ1) is 10.1. The number of nitrogens with zero attached hydrogens (tertiary/aromatic N) is 1. The van der Waals surface area contributed by atoms with Crippen LogP contribution in [0.4, 0.5) is 0 Å². The fourth-order valence-corrected chi connectivity index (χ4v) is 3.49. The van der Waals surface area contributed by atoms with E-state index in [1.165, 1.54) is 5.56 Å². The summed E-state index contributed by atoms with van der Waals surface area (Å²) in [5.74, 6) is -0.222. The van der Waals surface area contributed by atoms with Crippen molar-refractivity contribution in [3.8, 4) is 0 Å². The summed E-state index contributed by atoms with van der Waals surface area (Å²) in [5.41, 5.74) is 2.39. The van der Waals surface area contributed by atoms with Gasteiger partial charge in [-0.3, -0.25) is 4.79 Å². The second-order valence-electron chi connectivity index (χ2n) is 5.67. The molecule has 4 nitrogen and oxygen atoms in total. The number of carboxylic acids is 1. The number of hydrogen-bond acceptors (Lipinski definition) is 2.